The number of nitro groups is 1. The van der Waals surface area contributed by atoms with Crippen molar-refractivity contribution in [3.63, 3.8) is 0 Å². The van der Waals surface area contributed by atoms with E-state index in [0.717, 1.165) is 25.0 Å². The predicted molar refractivity (Wildman–Crippen MR) is 121 cm³/mol. The fourth-order valence-corrected chi connectivity index (χ4v) is 5.37. The molecule has 1 fully saturated rings. The van der Waals surface area contributed by atoms with Crippen molar-refractivity contribution in [2.75, 3.05) is 11.1 Å². The Kier molecular flexibility index (Phi) is 7.34. The topological polar surface area (TPSA) is 118 Å². The highest BCUT2D eigenvalue weighted by molar-refractivity contribution is 7.99. The smallest absolute Gasteiger partial charge is 0.283 e. The van der Waals surface area contributed by atoms with E-state index in [1.165, 1.54) is 42.1 Å². The van der Waals surface area contributed by atoms with Crippen LogP contribution in [0.15, 0.2) is 52.3 Å². The molecule has 1 saturated carbocycles. The summed E-state index contributed by atoms with van der Waals surface area (Å²) in [5, 5.41) is 14.1. The minimum atomic E-state index is -3.65. The Hall–Kier alpha value is -2.43. The molecule has 2 aromatic carbocycles. The largest absolute Gasteiger partial charge is 0.322 e. The number of nitro benzene ring substituents is 1. The minimum Gasteiger partial charge on any atom is -0.322 e. The molecule has 0 saturated heterocycles. The second-order valence-electron chi connectivity index (χ2n) is 7.85. The Morgan fingerprint density at radius 3 is 2.61 bits per heavy atom. The van der Waals surface area contributed by atoms with E-state index < -0.39 is 20.9 Å². The lowest BCUT2D eigenvalue weighted by molar-refractivity contribution is -0.387. The van der Waals surface area contributed by atoms with Crippen LogP contribution in [0.25, 0.3) is 0 Å². The van der Waals surface area contributed by atoms with Crippen LogP contribution in [0, 0.1) is 16.0 Å². The molecule has 1 aliphatic rings. The molecule has 0 aliphatic heterocycles. The highest BCUT2D eigenvalue weighted by atomic mass is 32.2. The van der Waals surface area contributed by atoms with Crippen molar-refractivity contribution in [1.29, 1.82) is 0 Å². The highest BCUT2D eigenvalue weighted by Gasteiger charge is 2.28. The lowest BCUT2D eigenvalue weighted by atomic mass is 10.2. The maximum Gasteiger partial charge on any atom is 0.283 e. The third kappa shape index (κ3) is 6.52. The number of amides is 1. The molecule has 0 bridgehead atoms. The van der Waals surface area contributed by atoms with Crippen LogP contribution < -0.4 is 10.0 Å². The maximum atomic E-state index is 12.6. The van der Waals surface area contributed by atoms with Crippen molar-refractivity contribution in [3.05, 3.63) is 58.1 Å². The summed E-state index contributed by atoms with van der Waals surface area (Å²) in [7, 11) is -3.65. The summed E-state index contributed by atoms with van der Waals surface area (Å²) in [6.07, 6.45) is 2.57. The van der Waals surface area contributed by atoms with E-state index in [9.17, 15) is 23.3 Å². The van der Waals surface area contributed by atoms with Gasteiger partial charge in [-0.25, -0.2) is 13.1 Å². The van der Waals surface area contributed by atoms with Gasteiger partial charge in [0, 0.05) is 23.4 Å². The van der Waals surface area contributed by atoms with Crippen molar-refractivity contribution < 1.29 is 18.1 Å². The minimum absolute atomic E-state index is 0.0271. The quantitative estimate of drug-likeness (QED) is 0.306. The van der Waals surface area contributed by atoms with Crippen LogP contribution in [0.5, 0.6) is 0 Å². The predicted octanol–water partition coefficient (Wildman–Crippen LogP) is 4.43. The van der Waals surface area contributed by atoms with E-state index in [-0.39, 0.29) is 22.2 Å². The number of anilines is 1. The zero-order chi connectivity index (χ0) is 22.6. The van der Waals surface area contributed by atoms with Gasteiger partial charge >= 0.3 is 0 Å². The molecule has 0 aromatic heterocycles. The molecule has 3 rings (SSSR count). The second-order valence-corrected chi connectivity index (χ2v) is 10.7. The number of carbonyl (C=O) groups is 1. The Labute approximate surface area is 186 Å². The van der Waals surface area contributed by atoms with Crippen LogP contribution in [0.1, 0.15) is 43.5 Å². The summed E-state index contributed by atoms with van der Waals surface area (Å²) in [5.74, 6) is 0.697. The number of nitrogens with zero attached hydrogens (tertiary/aromatic N) is 1. The van der Waals surface area contributed by atoms with Crippen LogP contribution in [-0.2, 0) is 10.0 Å². The Bertz CT molecular complexity index is 1080. The van der Waals surface area contributed by atoms with Crippen LogP contribution in [0.4, 0.5) is 11.4 Å². The molecule has 0 spiro atoms. The number of thioether (sulfide) groups is 1. The summed E-state index contributed by atoms with van der Waals surface area (Å²) in [5.41, 5.74) is 0.303. The average Bonchev–Trinajstić information content (AvgIpc) is 3.51. The summed E-state index contributed by atoms with van der Waals surface area (Å²) in [6.45, 7) is 4.18. The van der Waals surface area contributed by atoms with Gasteiger partial charge in [-0.1, -0.05) is 19.9 Å². The van der Waals surface area contributed by atoms with Gasteiger partial charge < -0.3 is 5.32 Å². The molecule has 8 nitrogen and oxygen atoms in total. The molecular formula is C21H25N3O5S2. The molecule has 0 unspecified atom stereocenters. The van der Waals surface area contributed by atoms with Gasteiger partial charge in [-0.05, 0) is 61.3 Å². The summed E-state index contributed by atoms with van der Waals surface area (Å²) in [6, 6.07) is 10.3. The van der Waals surface area contributed by atoms with E-state index in [4.69, 9.17) is 0 Å². The number of hydrogen-bond donors (Lipinski definition) is 2. The summed E-state index contributed by atoms with van der Waals surface area (Å²) in [4.78, 5) is 24.2. The van der Waals surface area contributed by atoms with Crippen molar-refractivity contribution in [1.82, 2.24) is 4.72 Å². The molecule has 0 heterocycles. The van der Waals surface area contributed by atoms with Crippen molar-refractivity contribution in [2.45, 2.75) is 48.9 Å². The standard InChI is InChI=1S/C21H25N3O5S2/c1-14(2)10-11-30-20-9-6-15(12-19(20)24(26)27)21(25)22-17-4-3-5-18(13-17)31(28,29)23-16-7-8-16/h3-6,9,12-14,16,23H,7-8,10-11H2,1-2H3,(H,22,25). The Balaban J connectivity index is 1.75. The van der Waals surface area contributed by atoms with E-state index >= 15 is 0 Å². The number of benzene rings is 2. The molecule has 0 atom stereocenters. The molecule has 166 valence electrons. The van der Waals surface area contributed by atoms with Gasteiger partial charge in [-0.2, -0.15) is 0 Å². The van der Waals surface area contributed by atoms with E-state index in [1.807, 2.05) is 0 Å². The van der Waals surface area contributed by atoms with Crippen molar-refractivity contribution >= 4 is 39.1 Å². The number of sulfonamides is 1. The van der Waals surface area contributed by atoms with Gasteiger partial charge in [0.15, 0.2) is 0 Å². The molecule has 2 N–H and O–H groups in total. The zero-order valence-corrected chi connectivity index (χ0v) is 19.0. The zero-order valence-electron chi connectivity index (χ0n) is 17.3. The summed E-state index contributed by atoms with van der Waals surface area (Å²) >= 11 is 1.40. The Morgan fingerprint density at radius 2 is 1.97 bits per heavy atom. The lowest BCUT2D eigenvalue weighted by Gasteiger charge is -2.10. The maximum absolute atomic E-state index is 12.6. The first-order valence-corrected chi connectivity index (χ1v) is 12.5. The molecule has 31 heavy (non-hydrogen) atoms. The first-order valence-electron chi connectivity index (χ1n) is 10.0. The third-order valence-corrected chi connectivity index (χ3v) is 7.29. The molecule has 0 radical (unpaired) electrons. The number of nitrogens with one attached hydrogen (secondary N) is 2. The van der Waals surface area contributed by atoms with Gasteiger partial charge in [-0.15, -0.1) is 11.8 Å². The monoisotopic (exact) mass is 463 g/mol. The summed E-state index contributed by atoms with van der Waals surface area (Å²) < 4.78 is 27.3. The highest BCUT2D eigenvalue weighted by Crippen LogP contribution is 2.31. The van der Waals surface area contributed by atoms with Gasteiger partial charge in [0.05, 0.1) is 14.7 Å². The number of hydrogen-bond acceptors (Lipinski definition) is 6. The SMILES string of the molecule is CC(C)CCSc1ccc(C(=O)Nc2cccc(S(=O)(=O)NC3CC3)c2)cc1[N+](=O)[O-]. The van der Waals surface area contributed by atoms with Crippen LogP contribution in [0.2, 0.25) is 0 Å². The fraction of sp³-hybridized carbons (Fsp3) is 0.381. The van der Waals surface area contributed by atoms with Gasteiger partial charge in [-0.3, -0.25) is 14.9 Å². The van der Waals surface area contributed by atoms with Crippen LogP contribution in [-0.4, -0.2) is 31.0 Å². The number of carbonyl (C=O) groups excluding carboxylic acids is 1. The Morgan fingerprint density at radius 1 is 1.23 bits per heavy atom. The van der Waals surface area contributed by atoms with E-state index in [2.05, 4.69) is 23.9 Å². The first-order chi connectivity index (χ1) is 14.7. The van der Waals surface area contributed by atoms with Gasteiger partial charge in [0.2, 0.25) is 10.0 Å². The first kappa shape index (κ1) is 23.2. The normalized spacial score (nSPS) is 13.9. The molecule has 2 aromatic rings. The molecular weight excluding hydrogens is 438 g/mol. The van der Waals surface area contributed by atoms with Crippen molar-refractivity contribution in [2.24, 2.45) is 5.92 Å². The average molecular weight is 464 g/mol. The molecule has 1 aliphatic carbocycles. The number of rotatable bonds is 10. The molecule has 10 heteroatoms. The fourth-order valence-electron chi connectivity index (χ4n) is 2.76. The third-order valence-electron chi connectivity index (χ3n) is 4.67. The van der Waals surface area contributed by atoms with Crippen molar-refractivity contribution in [3.8, 4) is 0 Å². The second kappa shape index (κ2) is 9.80. The van der Waals surface area contributed by atoms with Gasteiger partial charge in [0.1, 0.15) is 0 Å². The molecule has 1 amide bonds. The van der Waals surface area contributed by atoms with Crippen LogP contribution >= 0.6 is 11.8 Å². The van der Waals surface area contributed by atoms with E-state index in [1.54, 1.807) is 12.1 Å². The van der Waals surface area contributed by atoms with E-state index in [0.29, 0.717) is 16.5 Å². The van der Waals surface area contributed by atoms with Crippen LogP contribution in [0.3, 0.4) is 0 Å². The lowest BCUT2D eigenvalue weighted by Crippen LogP contribution is -2.25. The van der Waals surface area contributed by atoms with Gasteiger partial charge in [0.25, 0.3) is 11.6 Å².